The van der Waals surface area contributed by atoms with Gasteiger partial charge in [0, 0.05) is 42.8 Å². The number of rotatable bonds is 12. The molecular weight excluding hydrogens is 1290 g/mol. The average Bonchev–Trinajstić information content (AvgIpc) is 3.51. The molecule has 0 nitrogen and oxygen atoms in total. The Morgan fingerprint density at radius 1 is 0.115 bits per heavy atom. The van der Waals surface area contributed by atoms with E-state index in [1.807, 2.05) is 0 Å². The third kappa shape index (κ3) is 17.4. The van der Waals surface area contributed by atoms with Crippen molar-refractivity contribution in [3.05, 3.63) is 364 Å². The Kier molecular flexibility index (Phi) is 25.3. The van der Waals surface area contributed by atoms with Gasteiger partial charge >= 0.3 is 0 Å². The van der Waals surface area contributed by atoms with Gasteiger partial charge in [0.15, 0.2) is 0 Å². The first-order valence-corrected chi connectivity index (χ1v) is 31.0. The summed E-state index contributed by atoms with van der Waals surface area (Å²) < 4.78 is 0. The molecule has 0 heterocycles. The van der Waals surface area contributed by atoms with Crippen LogP contribution in [0.3, 0.4) is 0 Å². The van der Waals surface area contributed by atoms with Crippen molar-refractivity contribution in [2.45, 2.75) is 0 Å². The van der Waals surface area contributed by atoms with Gasteiger partial charge in [0.2, 0.25) is 0 Å². The second-order valence-corrected chi connectivity index (χ2v) is 26.2. The third-order valence-electron chi connectivity index (χ3n) is 12.2. The van der Waals surface area contributed by atoms with E-state index >= 15 is 0 Å². The summed E-state index contributed by atoms with van der Waals surface area (Å²) in [4.78, 5) is 0. The van der Waals surface area contributed by atoms with Gasteiger partial charge in [-0.1, -0.05) is 364 Å². The maximum atomic E-state index is 2.23. The summed E-state index contributed by atoms with van der Waals surface area (Å²) >= 11 is 0. The summed E-state index contributed by atoms with van der Waals surface area (Å²) in [5, 5.41) is 16.8. The van der Waals surface area contributed by atoms with Gasteiger partial charge in [-0.15, -0.1) is 0 Å². The molecule has 78 heavy (non-hydrogen) atoms. The number of hydrogen-bond acceptors (Lipinski definition) is 0. The second kappa shape index (κ2) is 33.3. The average molecular weight is 1350 g/mol. The fourth-order valence-electron chi connectivity index (χ4n) is 8.71. The van der Waals surface area contributed by atoms with Crippen LogP contribution in [-0.2, 0) is 42.8 Å². The van der Waals surface area contributed by atoms with Gasteiger partial charge < -0.3 is 0 Å². The standard InChI is InChI=1S/4C18H15P.Au.Pd/c4*1-4-10-16(11-5-1)19(17-12-6-2-7-13-17)18-14-8-3-9-15-18;;/h4*1-15H;;. The number of hydrogen-bond donors (Lipinski definition) is 0. The largest absolute Gasteiger partial charge is 0.0622 e. The van der Waals surface area contributed by atoms with Gasteiger partial charge in [-0.25, -0.2) is 0 Å². The van der Waals surface area contributed by atoms with E-state index in [9.17, 15) is 0 Å². The van der Waals surface area contributed by atoms with E-state index in [0.717, 1.165) is 0 Å². The molecule has 0 bridgehead atoms. The van der Waals surface area contributed by atoms with E-state index in [2.05, 4.69) is 364 Å². The smallest absolute Gasteiger partial charge is 0 e. The minimum Gasteiger partial charge on any atom is -0.0622 e. The van der Waals surface area contributed by atoms with Crippen molar-refractivity contribution in [3.63, 3.8) is 0 Å². The van der Waals surface area contributed by atoms with E-state index in [1.165, 1.54) is 63.7 Å². The van der Waals surface area contributed by atoms with Gasteiger partial charge in [0.05, 0.1) is 0 Å². The van der Waals surface area contributed by atoms with Crippen molar-refractivity contribution >= 4 is 95.3 Å². The van der Waals surface area contributed by atoms with E-state index in [0.29, 0.717) is 0 Å². The van der Waals surface area contributed by atoms with Crippen LogP contribution in [0.1, 0.15) is 0 Å². The molecule has 0 unspecified atom stereocenters. The van der Waals surface area contributed by atoms with Gasteiger partial charge in [-0.05, 0) is 95.3 Å². The Morgan fingerprint density at radius 2 is 0.179 bits per heavy atom. The molecule has 0 aromatic heterocycles. The molecular formula is C72H60AuP4Pd. The number of benzene rings is 12. The molecule has 6 heteroatoms. The fraction of sp³-hybridized carbons (Fsp3) is 0. The monoisotopic (exact) mass is 1350 g/mol. The zero-order chi connectivity index (χ0) is 51.7. The molecule has 12 aromatic carbocycles. The summed E-state index contributed by atoms with van der Waals surface area (Å²) in [6.45, 7) is 0. The van der Waals surface area contributed by atoms with E-state index in [-0.39, 0.29) is 42.8 Å². The first-order chi connectivity index (χ1) is 37.8. The Labute approximate surface area is 497 Å². The molecule has 0 aliphatic heterocycles. The molecule has 0 atom stereocenters. The maximum absolute atomic E-state index is 2.23. The van der Waals surface area contributed by atoms with Crippen LogP contribution >= 0.6 is 31.7 Å². The van der Waals surface area contributed by atoms with Crippen LogP contribution < -0.4 is 63.7 Å². The molecule has 1 radical (unpaired) electrons. The van der Waals surface area contributed by atoms with Gasteiger partial charge in [0.25, 0.3) is 0 Å². The summed E-state index contributed by atoms with van der Waals surface area (Å²) in [5.74, 6) is 0. The summed E-state index contributed by atoms with van der Waals surface area (Å²) in [5.41, 5.74) is 0. The van der Waals surface area contributed by atoms with Crippen LogP contribution in [0.15, 0.2) is 364 Å². The molecule has 0 saturated carbocycles. The normalized spacial score (nSPS) is 10.3. The zero-order valence-corrected chi connectivity index (χ0v) is 50.3. The molecule has 0 aliphatic carbocycles. The zero-order valence-electron chi connectivity index (χ0n) is 43.0. The molecule has 12 rings (SSSR count). The minimum absolute atomic E-state index is 0. The summed E-state index contributed by atoms with van der Waals surface area (Å²) in [6.07, 6.45) is 0. The molecule has 0 aliphatic rings. The van der Waals surface area contributed by atoms with Crippen molar-refractivity contribution in [2.75, 3.05) is 0 Å². The Hall–Kier alpha value is -6.24. The molecule has 12 aromatic rings. The molecule has 0 amide bonds. The van der Waals surface area contributed by atoms with Crippen LogP contribution in [0.4, 0.5) is 0 Å². The van der Waals surface area contributed by atoms with Crippen LogP contribution in [0, 0.1) is 0 Å². The van der Waals surface area contributed by atoms with Gasteiger partial charge in [0.1, 0.15) is 0 Å². The van der Waals surface area contributed by atoms with Gasteiger partial charge in [-0.2, -0.15) is 0 Å². The topological polar surface area (TPSA) is 0 Å². The van der Waals surface area contributed by atoms with E-state index < -0.39 is 31.7 Å². The molecule has 0 N–H and O–H groups in total. The van der Waals surface area contributed by atoms with Crippen LogP contribution in [-0.4, -0.2) is 0 Å². The second-order valence-electron chi connectivity index (χ2n) is 17.4. The Bertz CT molecular complexity index is 2580. The minimum atomic E-state index is -0.446. The third-order valence-corrected chi connectivity index (χ3v) is 21.9. The van der Waals surface area contributed by atoms with Crippen molar-refractivity contribution < 1.29 is 42.8 Å². The fourth-order valence-corrected chi connectivity index (χ4v) is 17.9. The van der Waals surface area contributed by atoms with E-state index in [1.54, 1.807) is 0 Å². The maximum Gasteiger partial charge on any atom is 0 e. The predicted molar refractivity (Wildman–Crippen MR) is 341 cm³/mol. The Balaban J connectivity index is 0.000000149. The Morgan fingerprint density at radius 3 is 0.244 bits per heavy atom. The van der Waals surface area contributed by atoms with Crippen molar-refractivity contribution in [3.8, 4) is 0 Å². The molecule has 389 valence electrons. The summed E-state index contributed by atoms with van der Waals surface area (Å²) in [6, 6.07) is 129. The van der Waals surface area contributed by atoms with Crippen LogP contribution in [0.2, 0.25) is 0 Å². The molecule has 0 saturated heterocycles. The quantitative estimate of drug-likeness (QED) is 0.0845. The van der Waals surface area contributed by atoms with Gasteiger partial charge in [-0.3, -0.25) is 0 Å². The molecule has 0 fully saturated rings. The SMILES string of the molecule is [Au].[Pd].c1ccc(P(c2ccccc2)c2ccccc2)cc1.c1ccc(P(c2ccccc2)c2ccccc2)cc1.c1ccc(P(c2ccccc2)c2ccccc2)cc1.c1ccc(P(c2ccccc2)c2ccccc2)cc1. The van der Waals surface area contributed by atoms with Crippen molar-refractivity contribution in [1.29, 1.82) is 0 Å². The molecule has 0 spiro atoms. The summed E-state index contributed by atoms with van der Waals surface area (Å²) in [7, 11) is -1.78. The van der Waals surface area contributed by atoms with Crippen molar-refractivity contribution in [1.82, 2.24) is 0 Å². The predicted octanol–water partition coefficient (Wildman–Crippen LogP) is 13.8. The van der Waals surface area contributed by atoms with Crippen LogP contribution in [0.5, 0.6) is 0 Å². The first kappa shape index (κ1) is 59.4. The first-order valence-electron chi connectivity index (χ1n) is 25.6. The van der Waals surface area contributed by atoms with E-state index in [4.69, 9.17) is 0 Å². The van der Waals surface area contributed by atoms with Crippen LogP contribution in [0.25, 0.3) is 0 Å². The van der Waals surface area contributed by atoms with Crippen molar-refractivity contribution in [2.24, 2.45) is 0 Å².